The monoisotopic (exact) mass is 545 g/mol. The maximum absolute atomic E-state index is 14.7. The minimum atomic E-state index is -1.55. The number of anilines is 1. The molecule has 0 N–H and O–H groups in total. The van der Waals surface area contributed by atoms with Crippen LogP contribution in [0, 0.1) is 5.41 Å². The van der Waals surface area contributed by atoms with Gasteiger partial charge in [0, 0.05) is 28.3 Å². The van der Waals surface area contributed by atoms with E-state index in [2.05, 4.69) is 0 Å². The van der Waals surface area contributed by atoms with E-state index in [1.54, 1.807) is 67.8 Å². The first-order chi connectivity index (χ1) is 19.5. The third kappa shape index (κ3) is 3.18. The average molecular weight is 546 g/mol. The first-order valence-electron chi connectivity index (χ1n) is 13.2. The van der Waals surface area contributed by atoms with Crippen LogP contribution in [0.2, 0.25) is 5.02 Å². The van der Waals surface area contributed by atoms with Crippen LogP contribution < -0.4 is 9.64 Å². The number of ketones is 3. The molecule has 5 nitrogen and oxygen atoms in total. The Labute approximate surface area is 236 Å². The van der Waals surface area contributed by atoms with E-state index in [0.717, 1.165) is 11.3 Å². The van der Waals surface area contributed by atoms with Crippen LogP contribution in [0.1, 0.15) is 48.1 Å². The van der Waals surface area contributed by atoms with Gasteiger partial charge < -0.3 is 9.64 Å². The molecular formula is C34H24ClNO4. The Morgan fingerprint density at radius 1 is 0.825 bits per heavy atom. The summed E-state index contributed by atoms with van der Waals surface area (Å²) in [5.41, 5.74) is 2.01. The van der Waals surface area contributed by atoms with Crippen LogP contribution in [0.5, 0.6) is 5.75 Å². The van der Waals surface area contributed by atoms with E-state index in [4.69, 9.17) is 16.3 Å². The number of nitrogens with zero attached hydrogens (tertiary/aromatic N) is 1. The number of para-hydroxylation sites is 1. The predicted octanol–water partition coefficient (Wildman–Crippen LogP) is 6.66. The molecule has 0 aromatic heterocycles. The molecule has 2 heterocycles. The summed E-state index contributed by atoms with van der Waals surface area (Å²) < 4.78 is 5.40. The lowest BCUT2D eigenvalue weighted by Gasteiger charge is -2.37. The number of halogens is 1. The molecule has 1 spiro atoms. The van der Waals surface area contributed by atoms with Crippen molar-refractivity contribution in [2.45, 2.75) is 18.0 Å². The molecule has 40 heavy (non-hydrogen) atoms. The number of Topliss-reactive ketones (excluding diaryl/α,β-unsaturated/α-hetero) is 3. The number of carbonyl (C=O) groups is 3. The van der Waals surface area contributed by atoms with Crippen LogP contribution in [0.15, 0.2) is 103 Å². The van der Waals surface area contributed by atoms with Crippen molar-refractivity contribution in [3.05, 3.63) is 136 Å². The molecule has 0 bridgehead atoms. The zero-order chi connectivity index (χ0) is 27.6. The predicted molar refractivity (Wildman–Crippen MR) is 155 cm³/mol. The third-order valence-corrected chi connectivity index (χ3v) is 8.93. The van der Waals surface area contributed by atoms with Crippen molar-refractivity contribution >= 4 is 40.7 Å². The van der Waals surface area contributed by atoms with E-state index < -0.39 is 23.4 Å². The maximum atomic E-state index is 14.7. The van der Waals surface area contributed by atoms with Crippen LogP contribution in [-0.2, 0) is 0 Å². The number of hydrogen-bond donors (Lipinski definition) is 0. The van der Waals surface area contributed by atoms with Gasteiger partial charge in [-0.05, 0) is 41.5 Å². The fourth-order valence-electron chi connectivity index (χ4n) is 6.92. The summed E-state index contributed by atoms with van der Waals surface area (Å²) in [5.74, 6) is -0.921. The minimum absolute atomic E-state index is 0.241. The van der Waals surface area contributed by atoms with Crippen LogP contribution in [0.25, 0.3) is 6.08 Å². The standard InChI is InChI=1S/C34H24ClNO4/c1-40-22-17-14-21(15-18-22)29-30(31(37)25-11-5-6-12-26(25)35)36-27-13-7-2-8-20(27)16-19-28(36)34(29)32(38)23-9-3-4-10-24(23)33(34)39/h2-19,28-30H,1H3/t28?,29-,30+/m0/s1. The number of benzene rings is 4. The Bertz CT molecular complexity index is 1710. The smallest absolute Gasteiger partial charge is 0.187 e. The Hall–Kier alpha value is -4.48. The highest BCUT2D eigenvalue weighted by atomic mass is 35.5. The van der Waals surface area contributed by atoms with Gasteiger partial charge >= 0.3 is 0 Å². The number of ether oxygens (including phenoxy) is 1. The lowest BCUT2D eigenvalue weighted by atomic mass is 9.64. The van der Waals surface area contributed by atoms with Crippen molar-refractivity contribution in [3.63, 3.8) is 0 Å². The highest BCUT2D eigenvalue weighted by Gasteiger charge is 2.71. The molecule has 3 atom stereocenters. The molecule has 196 valence electrons. The summed E-state index contributed by atoms with van der Waals surface area (Å²) in [6.45, 7) is 0. The molecule has 0 saturated carbocycles. The highest BCUT2D eigenvalue weighted by molar-refractivity contribution is 6.35. The van der Waals surface area contributed by atoms with Crippen molar-refractivity contribution in [2.75, 3.05) is 12.0 Å². The van der Waals surface area contributed by atoms with Gasteiger partial charge in [-0.15, -0.1) is 0 Å². The van der Waals surface area contributed by atoms with E-state index in [9.17, 15) is 14.4 Å². The summed E-state index contributed by atoms with van der Waals surface area (Å²) in [5, 5.41) is 0.326. The van der Waals surface area contributed by atoms with E-state index in [0.29, 0.717) is 33.0 Å². The summed E-state index contributed by atoms with van der Waals surface area (Å²) in [7, 11) is 1.58. The average Bonchev–Trinajstić information content (AvgIpc) is 3.43. The van der Waals surface area contributed by atoms with Gasteiger partial charge in [-0.1, -0.05) is 90.5 Å². The number of carbonyl (C=O) groups excluding carboxylic acids is 3. The molecule has 2 aliphatic heterocycles. The summed E-state index contributed by atoms with van der Waals surface area (Å²) >= 11 is 6.58. The van der Waals surface area contributed by atoms with Crippen molar-refractivity contribution in [3.8, 4) is 5.75 Å². The first-order valence-corrected chi connectivity index (χ1v) is 13.5. The molecule has 4 aromatic rings. The fraction of sp³-hybridized carbons (Fsp3) is 0.147. The fourth-order valence-corrected chi connectivity index (χ4v) is 7.15. The lowest BCUT2D eigenvalue weighted by molar-refractivity contribution is 0.0666. The van der Waals surface area contributed by atoms with Crippen LogP contribution in [0.4, 0.5) is 5.69 Å². The zero-order valence-corrected chi connectivity index (χ0v) is 22.3. The molecule has 1 aliphatic carbocycles. The van der Waals surface area contributed by atoms with Gasteiger partial charge in [-0.25, -0.2) is 0 Å². The SMILES string of the molecule is COc1ccc([C@H]2[C@H](C(=O)c3ccccc3Cl)N3c4ccccc4C=CC3C23C(=O)c2ccccc2C3=O)cc1. The molecule has 6 heteroatoms. The Morgan fingerprint density at radius 3 is 2.12 bits per heavy atom. The number of rotatable bonds is 4. The molecule has 0 amide bonds. The van der Waals surface area contributed by atoms with Crippen LogP contribution >= 0.6 is 11.6 Å². The van der Waals surface area contributed by atoms with Gasteiger partial charge in [0.1, 0.15) is 17.2 Å². The molecule has 0 radical (unpaired) electrons. The minimum Gasteiger partial charge on any atom is -0.497 e. The van der Waals surface area contributed by atoms with E-state index in [1.165, 1.54) is 0 Å². The first kappa shape index (κ1) is 24.6. The van der Waals surface area contributed by atoms with E-state index in [-0.39, 0.29) is 17.3 Å². The summed E-state index contributed by atoms with van der Waals surface area (Å²) in [4.78, 5) is 45.9. The molecule has 3 aliphatic rings. The van der Waals surface area contributed by atoms with Gasteiger partial charge in [0.05, 0.1) is 18.2 Å². The Morgan fingerprint density at radius 2 is 1.45 bits per heavy atom. The largest absolute Gasteiger partial charge is 0.497 e. The zero-order valence-electron chi connectivity index (χ0n) is 21.6. The van der Waals surface area contributed by atoms with Gasteiger partial charge in [0.2, 0.25) is 0 Å². The van der Waals surface area contributed by atoms with Gasteiger partial charge in [-0.3, -0.25) is 14.4 Å². The van der Waals surface area contributed by atoms with Crippen molar-refractivity contribution in [1.29, 1.82) is 0 Å². The normalized spacial score (nSPS) is 21.8. The van der Waals surface area contributed by atoms with E-state index in [1.807, 2.05) is 53.5 Å². The number of methoxy groups -OCH3 is 1. The second-order valence-corrected chi connectivity index (χ2v) is 10.8. The Balaban J connectivity index is 1.55. The van der Waals surface area contributed by atoms with Gasteiger partial charge in [-0.2, -0.15) is 0 Å². The van der Waals surface area contributed by atoms with Crippen molar-refractivity contribution in [2.24, 2.45) is 5.41 Å². The van der Waals surface area contributed by atoms with E-state index >= 15 is 0 Å². The second-order valence-electron chi connectivity index (χ2n) is 10.4. The lowest BCUT2D eigenvalue weighted by Crippen LogP contribution is -2.48. The highest BCUT2D eigenvalue weighted by Crippen LogP contribution is 2.61. The maximum Gasteiger partial charge on any atom is 0.187 e. The third-order valence-electron chi connectivity index (χ3n) is 8.60. The molecule has 1 unspecified atom stereocenters. The summed E-state index contributed by atoms with van der Waals surface area (Å²) in [6.07, 6.45) is 3.87. The van der Waals surface area contributed by atoms with Gasteiger partial charge in [0.25, 0.3) is 0 Å². The molecule has 4 aromatic carbocycles. The Kier molecular flexibility index (Phi) is 5.55. The second kappa shape index (κ2) is 9.04. The topological polar surface area (TPSA) is 63.7 Å². The molecule has 1 saturated heterocycles. The number of fused-ring (bicyclic) bond motifs is 5. The molecule has 1 fully saturated rings. The molecule has 7 rings (SSSR count). The summed E-state index contributed by atoms with van der Waals surface area (Å²) in [6, 6.07) is 27.4. The van der Waals surface area contributed by atoms with Crippen molar-refractivity contribution < 1.29 is 19.1 Å². The number of hydrogen-bond acceptors (Lipinski definition) is 5. The van der Waals surface area contributed by atoms with Crippen LogP contribution in [0.3, 0.4) is 0 Å². The van der Waals surface area contributed by atoms with Crippen LogP contribution in [-0.4, -0.2) is 36.5 Å². The van der Waals surface area contributed by atoms with Gasteiger partial charge in [0.15, 0.2) is 17.3 Å². The molecular weight excluding hydrogens is 522 g/mol. The van der Waals surface area contributed by atoms with Crippen molar-refractivity contribution in [1.82, 2.24) is 0 Å². The quantitative estimate of drug-likeness (QED) is 0.212.